The van der Waals surface area contributed by atoms with Crippen LogP contribution < -0.4 is 5.73 Å². The monoisotopic (exact) mass is 129 g/mol. The third-order valence-electron chi connectivity index (χ3n) is 0.773. The molecule has 0 aromatic heterocycles. The first-order valence-corrected chi connectivity index (χ1v) is 2.82. The Bertz CT molecular complexity index is 91.1. The number of rotatable bonds is 5. The molecule has 0 amide bonds. The van der Waals surface area contributed by atoms with E-state index >= 15 is 0 Å². The van der Waals surface area contributed by atoms with Crippen LogP contribution in [-0.4, -0.2) is 19.6 Å². The van der Waals surface area contributed by atoms with E-state index in [0.29, 0.717) is 19.6 Å². The lowest BCUT2D eigenvalue weighted by atomic mass is 10.4. The maximum absolute atomic E-state index is 9.57. The summed E-state index contributed by atoms with van der Waals surface area (Å²) in [5.74, 6) is 0. The molecule has 0 radical (unpaired) electrons. The van der Waals surface area contributed by atoms with Crippen molar-refractivity contribution in [1.29, 1.82) is 0 Å². The Morgan fingerprint density at radius 2 is 2.22 bits per heavy atom. The molecule has 0 aliphatic carbocycles. The Kier molecular flexibility index (Phi) is 6.51. The molecular formula is C6H11NO2. The molecule has 3 nitrogen and oxygen atoms in total. The molecule has 0 bridgehead atoms. The first-order chi connectivity index (χ1) is 4.41. The zero-order chi connectivity index (χ0) is 6.95. The summed E-state index contributed by atoms with van der Waals surface area (Å²) in [6, 6.07) is 0. The molecule has 0 aliphatic rings. The van der Waals surface area contributed by atoms with Gasteiger partial charge in [0.1, 0.15) is 0 Å². The third kappa shape index (κ3) is 7.17. The summed E-state index contributed by atoms with van der Waals surface area (Å²) < 4.78 is 4.41. The van der Waals surface area contributed by atoms with E-state index in [0.717, 1.165) is 6.42 Å². The van der Waals surface area contributed by atoms with Crippen molar-refractivity contribution >= 4 is 6.47 Å². The Morgan fingerprint density at radius 3 is 2.78 bits per heavy atom. The number of ether oxygens (including phenoxy) is 1. The standard InChI is InChI=1S/C6H11NO2/c7-4-2-1-3-5-9-6-8/h1-2,6H,3-5,7H2/b2-1-. The van der Waals surface area contributed by atoms with E-state index < -0.39 is 0 Å². The number of hydrogen-bond acceptors (Lipinski definition) is 3. The molecule has 0 rings (SSSR count). The number of carbonyl (C=O) groups is 1. The van der Waals surface area contributed by atoms with Crippen molar-refractivity contribution in [2.24, 2.45) is 5.73 Å². The smallest absolute Gasteiger partial charge is 0.293 e. The highest BCUT2D eigenvalue weighted by Gasteiger charge is 1.77. The van der Waals surface area contributed by atoms with Crippen LogP contribution in [0.3, 0.4) is 0 Å². The van der Waals surface area contributed by atoms with E-state index in [-0.39, 0.29) is 0 Å². The topological polar surface area (TPSA) is 52.3 Å². The van der Waals surface area contributed by atoms with Crippen LogP contribution in [0, 0.1) is 0 Å². The van der Waals surface area contributed by atoms with Crippen molar-refractivity contribution < 1.29 is 9.53 Å². The molecule has 0 unspecified atom stereocenters. The zero-order valence-corrected chi connectivity index (χ0v) is 5.25. The minimum Gasteiger partial charge on any atom is -0.468 e. The van der Waals surface area contributed by atoms with Crippen LogP contribution in [0.4, 0.5) is 0 Å². The second-order valence-electron chi connectivity index (χ2n) is 1.46. The van der Waals surface area contributed by atoms with Crippen LogP contribution in [0.15, 0.2) is 12.2 Å². The van der Waals surface area contributed by atoms with Crippen molar-refractivity contribution in [3.8, 4) is 0 Å². The minimum absolute atomic E-state index is 0.441. The maximum atomic E-state index is 9.57. The van der Waals surface area contributed by atoms with Crippen LogP contribution in [0.5, 0.6) is 0 Å². The first-order valence-electron chi connectivity index (χ1n) is 2.82. The zero-order valence-electron chi connectivity index (χ0n) is 5.25. The van der Waals surface area contributed by atoms with E-state index in [1.807, 2.05) is 12.2 Å². The molecule has 3 heteroatoms. The summed E-state index contributed by atoms with van der Waals surface area (Å²) in [7, 11) is 0. The second-order valence-corrected chi connectivity index (χ2v) is 1.46. The second kappa shape index (κ2) is 7.17. The van der Waals surface area contributed by atoms with Gasteiger partial charge in [-0.25, -0.2) is 0 Å². The van der Waals surface area contributed by atoms with Gasteiger partial charge in [0.2, 0.25) is 0 Å². The summed E-state index contributed by atoms with van der Waals surface area (Å²) in [5, 5.41) is 0. The molecule has 0 saturated carbocycles. The lowest BCUT2D eigenvalue weighted by Crippen LogP contribution is -1.93. The van der Waals surface area contributed by atoms with Gasteiger partial charge in [-0.2, -0.15) is 0 Å². The maximum Gasteiger partial charge on any atom is 0.293 e. The van der Waals surface area contributed by atoms with Gasteiger partial charge in [0.05, 0.1) is 6.61 Å². The van der Waals surface area contributed by atoms with Gasteiger partial charge in [0.15, 0.2) is 0 Å². The largest absolute Gasteiger partial charge is 0.468 e. The van der Waals surface area contributed by atoms with Crippen LogP contribution in [0.25, 0.3) is 0 Å². The molecule has 52 valence electrons. The summed E-state index contributed by atoms with van der Waals surface area (Å²) in [6.45, 7) is 1.43. The van der Waals surface area contributed by atoms with Gasteiger partial charge in [-0.1, -0.05) is 12.2 Å². The first kappa shape index (κ1) is 8.17. The van der Waals surface area contributed by atoms with Crippen LogP contribution in [0.2, 0.25) is 0 Å². The molecule has 9 heavy (non-hydrogen) atoms. The number of hydrogen-bond donors (Lipinski definition) is 1. The van der Waals surface area contributed by atoms with E-state index in [2.05, 4.69) is 4.74 Å². The summed E-state index contributed by atoms with van der Waals surface area (Å²) in [5.41, 5.74) is 5.15. The average Bonchev–Trinajstić information content (AvgIpc) is 1.89. The molecular weight excluding hydrogens is 118 g/mol. The van der Waals surface area contributed by atoms with Crippen molar-refractivity contribution in [1.82, 2.24) is 0 Å². The highest BCUT2D eigenvalue weighted by molar-refractivity contribution is 5.36. The summed E-state index contributed by atoms with van der Waals surface area (Å²) in [6.07, 6.45) is 4.45. The van der Waals surface area contributed by atoms with Crippen molar-refractivity contribution in [3.63, 3.8) is 0 Å². The number of nitrogens with two attached hydrogens (primary N) is 1. The highest BCUT2D eigenvalue weighted by atomic mass is 16.5. The van der Waals surface area contributed by atoms with Crippen molar-refractivity contribution in [2.75, 3.05) is 13.2 Å². The van der Waals surface area contributed by atoms with Gasteiger partial charge in [-0.15, -0.1) is 0 Å². The van der Waals surface area contributed by atoms with Gasteiger partial charge in [-0.05, 0) is 6.42 Å². The van der Waals surface area contributed by atoms with E-state index in [9.17, 15) is 4.79 Å². The van der Waals surface area contributed by atoms with Crippen molar-refractivity contribution in [3.05, 3.63) is 12.2 Å². The molecule has 2 N–H and O–H groups in total. The minimum atomic E-state index is 0.441. The average molecular weight is 129 g/mol. The van der Waals surface area contributed by atoms with Gasteiger partial charge in [0, 0.05) is 6.54 Å². The fraction of sp³-hybridized carbons (Fsp3) is 0.500. The Balaban J connectivity index is 2.90. The lowest BCUT2D eigenvalue weighted by molar-refractivity contribution is -0.128. The highest BCUT2D eigenvalue weighted by Crippen LogP contribution is 1.81. The van der Waals surface area contributed by atoms with Gasteiger partial charge in [-0.3, -0.25) is 4.79 Å². The van der Waals surface area contributed by atoms with E-state index in [1.165, 1.54) is 0 Å². The Hall–Kier alpha value is -0.830. The fourth-order valence-corrected chi connectivity index (χ4v) is 0.398. The summed E-state index contributed by atoms with van der Waals surface area (Å²) in [4.78, 5) is 9.57. The van der Waals surface area contributed by atoms with Crippen LogP contribution >= 0.6 is 0 Å². The fourth-order valence-electron chi connectivity index (χ4n) is 0.398. The Morgan fingerprint density at radius 1 is 1.44 bits per heavy atom. The molecule has 0 aromatic carbocycles. The van der Waals surface area contributed by atoms with E-state index in [4.69, 9.17) is 5.73 Å². The van der Waals surface area contributed by atoms with Crippen LogP contribution in [0.1, 0.15) is 6.42 Å². The molecule has 0 spiro atoms. The van der Waals surface area contributed by atoms with Crippen molar-refractivity contribution in [2.45, 2.75) is 6.42 Å². The molecule has 0 aliphatic heterocycles. The predicted molar refractivity (Wildman–Crippen MR) is 34.8 cm³/mol. The van der Waals surface area contributed by atoms with E-state index in [1.54, 1.807) is 0 Å². The predicted octanol–water partition coefficient (Wildman–Crippen LogP) is 0.0644. The molecule has 0 aromatic rings. The Labute approximate surface area is 54.5 Å². The van der Waals surface area contributed by atoms with Gasteiger partial charge >= 0.3 is 0 Å². The summed E-state index contributed by atoms with van der Waals surface area (Å²) >= 11 is 0. The molecule has 0 fully saturated rings. The van der Waals surface area contributed by atoms with Crippen LogP contribution in [-0.2, 0) is 9.53 Å². The molecule has 0 saturated heterocycles. The molecule has 0 heterocycles. The lowest BCUT2D eigenvalue weighted by Gasteiger charge is -1.89. The number of carbonyl (C=O) groups excluding carboxylic acids is 1. The molecule has 0 atom stereocenters. The van der Waals surface area contributed by atoms with Gasteiger partial charge < -0.3 is 10.5 Å². The van der Waals surface area contributed by atoms with Gasteiger partial charge in [0.25, 0.3) is 6.47 Å². The normalized spacial score (nSPS) is 9.89. The third-order valence-corrected chi connectivity index (χ3v) is 0.773. The SMILES string of the molecule is NC/C=C\CCOC=O. The quantitative estimate of drug-likeness (QED) is 0.324.